The Bertz CT molecular complexity index is 1520. The molecule has 1 atom stereocenters. The van der Waals surface area contributed by atoms with Gasteiger partial charge in [0.25, 0.3) is 5.91 Å². The molecule has 40 heavy (non-hydrogen) atoms. The summed E-state index contributed by atoms with van der Waals surface area (Å²) in [6.07, 6.45) is 5.17. The Morgan fingerprint density at radius 2 is 1.82 bits per heavy atom. The molecule has 0 spiro atoms. The second-order valence-corrected chi connectivity index (χ2v) is 11.0. The average molecular weight is 576 g/mol. The zero-order chi connectivity index (χ0) is 28.5. The van der Waals surface area contributed by atoms with Crippen LogP contribution in [0.2, 0.25) is 0 Å². The standard InChI is InChI=1S/C30H30FN5O2S2/c1-36(2)28(37)16-22(19-40-23-10-5-4-6-11-23)34-29-24-15-21(31)13-14-26(24)32-18-25(29)30(38)35-33-17-20-9-7-8-12-27(20)39-3/h4-15,17-18,22H,16,19H2,1-3H3,(H,32,34)(H,35,38)/b33-17+/t22-/m1/s1. The molecular formula is C30H30FN5O2S2. The highest BCUT2D eigenvalue weighted by molar-refractivity contribution is 7.99. The molecule has 2 amide bonds. The first-order valence-corrected chi connectivity index (χ1v) is 14.8. The number of rotatable bonds is 11. The Balaban J connectivity index is 1.66. The van der Waals surface area contributed by atoms with Crippen LogP contribution in [-0.4, -0.2) is 60.1 Å². The normalized spacial score (nSPS) is 11.9. The van der Waals surface area contributed by atoms with Gasteiger partial charge in [0, 0.05) is 59.2 Å². The second-order valence-electron chi connectivity index (χ2n) is 9.11. The van der Waals surface area contributed by atoms with Crippen molar-refractivity contribution >= 4 is 58.1 Å². The van der Waals surface area contributed by atoms with Gasteiger partial charge in [-0.15, -0.1) is 23.5 Å². The van der Waals surface area contributed by atoms with Crippen molar-refractivity contribution in [1.29, 1.82) is 0 Å². The van der Waals surface area contributed by atoms with E-state index in [0.717, 1.165) is 15.4 Å². The van der Waals surface area contributed by atoms with E-state index in [0.29, 0.717) is 22.3 Å². The lowest BCUT2D eigenvalue weighted by atomic mass is 10.1. The minimum Gasteiger partial charge on any atom is -0.380 e. The van der Waals surface area contributed by atoms with E-state index < -0.39 is 11.7 Å². The number of hydrazone groups is 1. The molecule has 10 heteroatoms. The Kier molecular flexibility index (Phi) is 10.2. The molecular weight excluding hydrogens is 545 g/mol. The molecule has 206 valence electrons. The Morgan fingerprint density at radius 3 is 2.58 bits per heavy atom. The van der Waals surface area contributed by atoms with Crippen LogP contribution in [0.5, 0.6) is 0 Å². The first-order valence-electron chi connectivity index (χ1n) is 12.5. The van der Waals surface area contributed by atoms with Gasteiger partial charge in [-0.2, -0.15) is 5.10 Å². The molecule has 0 radical (unpaired) electrons. The molecule has 0 unspecified atom stereocenters. The molecule has 0 aliphatic rings. The van der Waals surface area contributed by atoms with E-state index in [-0.39, 0.29) is 23.9 Å². The highest BCUT2D eigenvalue weighted by atomic mass is 32.2. The fourth-order valence-corrected chi connectivity index (χ4v) is 5.46. The monoisotopic (exact) mass is 575 g/mol. The number of nitrogens with zero attached hydrogens (tertiary/aromatic N) is 3. The summed E-state index contributed by atoms with van der Waals surface area (Å²) in [4.78, 5) is 34.1. The number of hydrogen-bond acceptors (Lipinski definition) is 7. The molecule has 1 heterocycles. The number of carbonyl (C=O) groups is 2. The summed E-state index contributed by atoms with van der Waals surface area (Å²) in [6, 6.07) is 21.4. The van der Waals surface area contributed by atoms with Crippen molar-refractivity contribution in [2.24, 2.45) is 5.10 Å². The fourth-order valence-electron chi connectivity index (χ4n) is 3.95. The lowest BCUT2D eigenvalue weighted by Gasteiger charge is -2.23. The molecule has 4 aromatic rings. The first-order chi connectivity index (χ1) is 19.4. The van der Waals surface area contributed by atoms with E-state index in [9.17, 15) is 14.0 Å². The van der Waals surface area contributed by atoms with E-state index in [1.165, 1.54) is 23.2 Å². The summed E-state index contributed by atoms with van der Waals surface area (Å²) in [5.41, 5.74) is 4.55. The average Bonchev–Trinajstić information content (AvgIpc) is 2.96. The number of thioether (sulfide) groups is 2. The Hall–Kier alpha value is -3.89. The quantitative estimate of drug-likeness (QED) is 0.131. The predicted octanol–water partition coefficient (Wildman–Crippen LogP) is 5.91. The van der Waals surface area contributed by atoms with Crippen LogP contribution in [0.15, 0.2) is 93.9 Å². The fraction of sp³-hybridized carbons (Fsp3) is 0.200. The van der Waals surface area contributed by atoms with E-state index in [2.05, 4.69) is 20.8 Å². The van der Waals surface area contributed by atoms with Crippen molar-refractivity contribution in [2.45, 2.75) is 22.3 Å². The zero-order valence-electron chi connectivity index (χ0n) is 22.4. The third-order valence-electron chi connectivity index (χ3n) is 6.05. The van der Waals surface area contributed by atoms with Gasteiger partial charge >= 0.3 is 0 Å². The molecule has 0 saturated carbocycles. The maximum absolute atomic E-state index is 14.4. The van der Waals surface area contributed by atoms with E-state index in [1.54, 1.807) is 49.9 Å². The lowest BCUT2D eigenvalue weighted by molar-refractivity contribution is -0.128. The zero-order valence-corrected chi connectivity index (χ0v) is 24.1. The number of nitrogens with one attached hydrogen (secondary N) is 2. The van der Waals surface area contributed by atoms with E-state index in [4.69, 9.17) is 0 Å². The number of aromatic nitrogens is 1. The van der Waals surface area contributed by atoms with Crippen molar-refractivity contribution in [1.82, 2.24) is 15.3 Å². The van der Waals surface area contributed by atoms with Gasteiger partial charge in [0.05, 0.1) is 23.0 Å². The summed E-state index contributed by atoms with van der Waals surface area (Å²) in [5.74, 6) is -0.500. The molecule has 0 bridgehead atoms. The molecule has 0 aliphatic carbocycles. The van der Waals surface area contributed by atoms with Crippen LogP contribution in [0.3, 0.4) is 0 Å². The summed E-state index contributed by atoms with van der Waals surface area (Å²) in [6.45, 7) is 0. The third-order valence-corrected chi connectivity index (χ3v) is 8.03. The summed E-state index contributed by atoms with van der Waals surface area (Å²) in [7, 11) is 3.40. The van der Waals surface area contributed by atoms with Crippen LogP contribution in [-0.2, 0) is 4.79 Å². The Labute approximate surface area is 241 Å². The van der Waals surface area contributed by atoms with Gasteiger partial charge in [-0.3, -0.25) is 14.6 Å². The smallest absolute Gasteiger partial charge is 0.275 e. The number of halogens is 1. The third kappa shape index (κ3) is 7.61. The van der Waals surface area contributed by atoms with Gasteiger partial charge in [-0.25, -0.2) is 9.82 Å². The Morgan fingerprint density at radius 1 is 1.07 bits per heavy atom. The van der Waals surface area contributed by atoms with Crippen LogP contribution in [0.25, 0.3) is 10.9 Å². The van der Waals surface area contributed by atoms with Crippen molar-refractivity contribution in [3.63, 3.8) is 0 Å². The number of fused-ring (bicyclic) bond motifs is 1. The van der Waals surface area contributed by atoms with Crippen molar-refractivity contribution in [3.8, 4) is 0 Å². The largest absolute Gasteiger partial charge is 0.380 e. The molecule has 2 N–H and O–H groups in total. The lowest BCUT2D eigenvalue weighted by Crippen LogP contribution is -2.33. The van der Waals surface area contributed by atoms with Crippen LogP contribution in [0.1, 0.15) is 22.3 Å². The summed E-state index contributed by atoms with van der Waals surface area (Å²) >= 11 is 3.17. The number of benzene rings is 3. The van der Waals surface area contributed by atoms with Crippen LogP contribution in [0.4, 0.5) is 10.1 Å². The van der Waals surface area contributed by atoms with Crippen LogP contribution in [0, 0.1) is 5.82 Å². The highest BCUT2D eigenvalue weighted by Gasteiger charge is 2.22. The number of carbonyl (C=O) groups excluding carboxylic acids is 2. The molecule has 0 aliphatic heterocycles. The second kappa shape index (κ2) is 14.0. The van der Waals surface area contributed by atoms with Gasteiger partial charge in [0.15, 0.2) is 0 Å². The topological polar surface area (TPSA) is 86.7 Å². The van der Waals surface area contributed by atoms with Crippen LogP contribution < -0.4 is 10.7 Å². The molecule has 1 aromatic heterocycles. The molecule has 4 rings (SSSR count). The maximum Gasteiger partial charge on any atom is 0.275 e. The minimum atomic E-state index is -0.507. The first kappa shape index (κ1) is 29.1. The number of pyridine rings is 1. The predicted molar refractivity (Wildman–Crippen MR) is 163 cm³/mol. The summed E-state index contributed by atoms with van der Waals surface area (Å²) in [5, 5.41) is 7.99. The highest BCUT2D eigenvalue weighted by Crippen LogP contribution is 2.30. The summed E-state index contributed by atoms with van der Waals surface area (Å²) < 4.78 is 14.4. The van der Waals surface area contributed by atoms with E-state index >= 15 is 0 Å². The van der Waals surface area contributed by atoms with Crippen molar-refractivity contribution in [2.75, 3.05) is 31.4 Å². The molecule has 0 saturated heterocycles. The van der Waals surface area contributed by atoms with Gasteiger partial charge in [0.2, 0.25) is 5.91 Å². The SMILES string of the molecule is CSc1ccccc1/C=N/NC(=O)c1cnc2ccc(F)cc2c1N[C@@H](CSc1ccccc1)CC(=O)N(C)C. The van der Waals surface area contributed by atoms with Gasteiger partial charge in [-0.05, 0) is 42.7 Å². The van der Waals surface area contributed by atoms with Gasteiger partial charge in [0.1, 0.15) is 5.82 Å². The van der Waals surface area contributed by atoms with Crippen LogP contribution >= 0.6 is 23.5 Å². The molecule has 7 nitrogen and oxygen atoms in total. The number of amides is 2. The van der Waals surface area contributed by atoms with Crippen molar-refractivity contribution < 1.29 is 14.0 Å². The number of hydrogen-bond donors (Lipinski definition) is 2. The number of anilines is 1. The van der Waals surface area contributed by atoms with Crippen molar-refractivity contribution in [3.05, 3.63) is 95.9 Å². The van der Waals surface area contributed by atoms with Gasteiger partial charge in [-0.1, -0.05) is 36.4 Å². The van der Waals surface area contributed by atoms with E-state index in [1.807, 2.05) is 60.9 Å². The van der Waals surface area contributed by atoms with Gasteiger partial charge < -0.3 is 10.2 Å². The molecule has 3 aromatic carbocycles. The minimum absolute atomic E-state index is 0.0706. The molecule has 0 fully saturated rings. The maximum atomic E-state index is 14.4.